The van der Waals surface area contributed by atoms with Gasteiger partial charge in [-0.15, -0.1) is 0 Å². The number of hydrogen-bond acceptors (Lipinski definition) is 7. The largest absolute Gasteiger partial charge is 0.479 e. The van der Waals surface area contributed by atoms with Crippen LogP contribution in [0.5, 0.6) is 0 Å². The lowest BCUT2D eigenvalue weighted by Gasteiger charge is -2.21. The molecular formula is C28H50O8. The number of carbonyl (C=O) groups excluding carboxylic acids is 3. The third-order valence-electron chi connectivity index (χ3n) is 6.24. The number of carboxylic acids is 1. The third kappa shape index (κ3) is 19.3. The first-order chi connectivity index (χ1) is 17.2. The second-order valence-corrected chi connectivity index (χ2v) is 9.81. The van der Waals surface area contributed by atoms with Crippen LogP contribution in [0.4, 0.5) is 0 Å². The lowest BCUT2D eigenvalue weighted by atomic mass is 9.96. The van der Waals surface area contributed by atoms with Gasteiger partial charge < -0.3 is 19.7 Å². The Morgan fingerprint density at radius 2 is 1.00 bits per heavy atom. The molecule has 0 aromatic carbocycles. The molecule has 0 aromatic rings. The Balaban J connectivity index is 3.92. The minimum Gasteiger partial charge on any atom is -0.479 e. The van der Waals surface area contributed by atoms with Crippen molar-refractivity contribution in [3.05, 3.63) is 0 Å². The van der Waals surface area contributed by atoms with E-state index < -0.39 is 42.3 Å². The number of aliphatic hydroxyl groups is 1. The van der Waals surface area contributed by atoms with Crippen molar-refractivity contribution in [2.75, 3.05) is 6.61 Å². The summed E-state index contributed by atoms with van der Waals surface area (Å²) in [5.41, 5.74) is -2.67. The Kier molecular flexibility index (Phi) is 21.0. The van der Waals surface area contributed by atoms with Crippen molar-refractivity contribution in [2.45, 2.75) is 148 Å². The first kappa shape index (κ1) is 34.0. The molecule has 8 heteroatoms. The highest BCUT2D eigenvalue weighted by Crippen LogP contribution is 2.19. The van der Waals surface area contributed by atoms with E-state index in [9.17, 15) is 29.4 Å². The summed E-state index contributed by atoms with van der Waals surface area (Å²) < 4.78 is 9.60. The van der Waals surface area contributed by atoms with Crippen LogP contribution in [0.15, 0.2) is 0 Å². The molecule has 0 spiro atoms. The van der Waals surface area contributed by atoms with E-state index in [1.54, 1.807) is 0 Å². The molecule has 0 radical (unpaired) electrons. The summed E-state index contributed by atoms with van der Waals surface area (Å²) in [5.74, 6) is -4.61. The normalized spacial score (nSPS) is 12.6. The van der Waals surface area contributed by atoms with Crippen LogP contribution in [0.1, 0.15) is 142 Å². The molecule has 0 heterocycles. The third-order valence-corrected chi connectivity index (χ3v) is 6.24. The molecule has 0 fully saturated rings. The Hall–Kier alpha value is -1.96. The van der Waals surface area contributed by atoms with Crippen LogP contribution in [0.3, 0.4) is 0 Å². The maximum absolute atomic E-state index is 12.0. The lowest BCUT2D eigenvalue weighted by Crippen LogP contribution is -2.43. The first-order valence-corrected chi connectivity index (χ1v) is 14.1. The van der Waals surface area contributed by atoms with E-state index in [-0.39, 0.29) is 13.0 Å². The second kappa shape index (κ2) is 22.3. The first-order valence-electron chi connectivity index (χ1n) is 14.1. The average Bonchev–Trinajstić information content (AvgIpc) is 2.81. The summed E-state index contributed by atoms with van der Waals surface area (Å²) in [6, 6.07) is 0. The maximum Gasteiger partial charge on any atom is 0.336 e. The zero-order valence-corrected chi connectivity index (χ0v) is 22.7. The molecule has 0 saturated heterocycles. The SMILES string of the molecule is CCCCCCCCCCCCCCCCOC(=O)CC(O)(CC(=O)OC(=O)CCCCC)C(=O)O. The van der Waals surface area contributed by atoms with Gasteiger partial charge in [-0.1, -0.05) is 110 Å². The van der Waals surface area contributed by atoms with Crippen LogP contribution in [-0.2, 0) is 28.7 Å². The molecule has 0 saturated carbocycles. The van der Waals surface area contributed by atoms with Crippen molar-refractivity contribution in [1.29, 1.82) is 0 Å². The van der Waals surface area contributed by atoms with Crippen LogP contribution in [0, 0.1) is 0 Å². The van der Waals surface area contributed by atoms with Gasteiger partial charge in [-0.25, -0.2) is 4.79 Å². The molecule has 0 aliphatic rings. The second-order valence-electron chi connectivity index (χ2n) is 9.81. The van der Waals surface area contributed by atoms with Gasteiger partial charge >= 0.3 is 23.9 Å². The molecule has 0 aliphatic carbocycles. The molecule has 36 heavy (non-hydrogen) atoms. The molecule has 8 nitrogen and oxygen atoms in total. The number of esters is 3. The zero-order chi connectivity index (χ0) is 27.1. The number of carbonyl (C=O) groups is 4. The van der Waals surface area contributed by atoms with E-state index in [0.29, 0.717) is 12.8 Å². The topological polar surface area (TPSA) is 127 Å². The van der Waals surface area contributed by atoms with Gasteiger partial charge in [0, 0.05) is 6.42 Å². The highest BCUT2D eigenvalue weighted by Gasteiger charge is 2.42. The molecule has 0 aromatic heterocycles. The Labute approximate surface area is 217 Å². The molecule has 0 bridgehead atoms. The van der Waals surface area contributed by atoms with Crippen LogP contribution in [0.2, 0.25) is 0 Å². The molecular weight excluding hydrogens is 464 g/mol. The van der Waals surface area contributed by atoms with Crippen LogP contribution >= 0.6 is 0 Å². The predicted octanol–water partition coefficient (Wildman–Crippen LogP) is 6.26. The zero-order valence-electron chi connectivity index (χ0n) is 22.7. The Bertz CT molecular complexity index is 619. The van der Waals surface area contributed by atoms with Gasteiger partial charge in [0.2, 0.25) is 0 Å². The molecule has 0 amide bonds. The minimum atomic E-state index is -2.67. The van der Waals surface area contributed by atoms with E-state index >= 15 is 0 Å². The molecule has 1 unspecified atom stereocenters. The van der Waals surface area contributed by atoms with Gasteiger partial charge in [-0.2, -0.15) is 0 Å². The highest BCUT2D eigenvalue weighted by atomic mass is 16.6. The summed E-state index contributed by atoms with van der Waals surface area (Å²) in [5, 5.41) is 19.6. The summed E-state index contributed by atoms with van der Waals surface area (Å²) >= 11 is 0. The predicted molar refractivity (Wildman–Crippen MR) is 138 cm³/mol. The van der Waals surface area contributed by atoms with Crippen molar-refractivity contribution < 1.29 is 38.9 Å². The van der Waals surface area contributed by atoms with Crippen molar-refractivity contribution in [3.8, 4) is 0 Å². The van der Waals surface area contributed by atoms with Gasteiger partial charge in [0.1, 0.15) is 0 Å². The number of ether oxygens (including phenoxy) is 2. The minimum absolute atomic E-state index is 0.0340. The fourth-order valence-electron chi connectivity index (χ4n) is 3.96. The summed E-state index contributed by atoms with van der Waals surface area (Å²) in [7, 11) is 0. The summed E-state index contributed by atoms with van der Waals surface area (Å²) in [6.07, 6.45) is 17.3. The quantitative estimate of drug-likeness (QED) is 0.0878. The Morgan fingerprint density at radius 3 is 1.47 bits per heavy atom. The van der Waals surface area contributed by atoms with Crippen LogP contribution in [0.25, 0.3) is 0 Å². The van der Waals surface area contributed by atoms with Gasteiger partial charge in [-0.3, -0.25) is 14.4 Å². The number of unbranched alkanes of at least 4 members (excludes halogenated alkanes) is 15. The number of aliphatic carboxylic acids is 1. The van der Waals surface area contributed by atoms with Gasteiger partial charge in [0.25, 0.3) is 0 Å². The van der Waals surface area contributed by atoms with Gasteiger partial charge in [0.05, 0.1) is 19.4 Å². The number of carboxylic acid groups (broad SMARTS) is 1. The van der Waals surface area contributed by atoms with Crippen molar-refractivity contribution in [2.24, 2.45) is 0 Å². The van der Waals surface area contributed by atoms with Crippen LogP contribution in [-0.4, -0.2) is 46.3 Å². The summed E-state index contributed by atoms with van der Waals surface area (Å²) in [6.45, 7) is 4.33. The Morgan fingerprint density at radius 1 is 0.583 bits per heavy atom. The number of hydrogen-bond donors (Lipinski definition) is 2. The molecule has 210 valence electrons. The van der Waals surface area contributed by atoms with Crippen LogP contribution < -0.4 is 0 Å². The monoisotopic (exact) mass is 514 g/mol. The van der Waals surface area contributed by atoms with Gasteiger partial charge in [0.15, 0.2) is 5.60 Å². The average molecular weight is 515 g/mol. The van der Waals surface area contributed by atoms with E-state index in [4.69, 9.17) is 4.74 Å². The standard InChI is InChI=1S/C28H50O8/c1-3-5-7-8-9-10-11-12-13-14-15-16-17-19-21-35-25(30)22-28(34,27(32)33)23-26(31)36-24(29)20-18-6-4-2/h34H,3-23H2,1-2H3,(H,32,33). The van der Waals surface area contributed by atoms with E-state index in [1.807, 2.05) is 6.92 Å². The molecule has 0 rings (SSSR count). The maximum atomic E-state index is 12.0. The van der Waals surface area contributed by atoms with Crippen molar-refractivity contribution in [3.63, 3.8) is 0 Å². The highest BCUT2D eigenvalue weighted by molar-refractivity contribution is 5.92. The fraction of sp³-hybridized carbons (Fsp3) is 0.857. The number of rotatable bonds is 24. The molecule has 2 N–H and O–H groups in total. The fourth-order valence-corrected chi connectivity index (χ4v) is 3.96. The lowest BCUT2D eigenvalue weighted by molar-refractivity contribution is -0.175. The molecule has 1 atom stereocenters. The van der Waals surface area contributed by atoms with Crippen molar-refractivity contribution in [1.82, 2.24) is 0 Å². The summed E-state index contributed by atoms with van der Waals surface area (Å²) in [4.78, 5) is 46.9. The van der Waals surface area contributed by atoms with E-state index in [0.717, 1.165) is 32.1 Å². The van der Waals surface area contributed by atoms with E-state index in [2.05, 4.69) is 11.7 Å². The van der Waals surface area contributed by atoms with E-state index in [1.165, 1.54) is 64.2 Å². The smallest absolute Gasteiger partial charge is 0.336 e. The van der Waals surface area contributed by atoms with Gasteiger partial charge in [-0.05, 0) is 12.8 Å². The molecule has 0 aliphatic heterocycles. The van der Waals surface area contributed by atoms with Crippen molar-refractivity contribution >= 4 is 23.9 Å².